The molecule has 4 nitrogen and oxygen atoms in total. The third-order valence-corrected chi connectivity index (χ3v) is 3.57. The second-order valence-corrected chi connectivity index (χ2v) is 5.11. The topological polar surface area (TPSA) is 46.4 Å². The van der Waals surface area contributed by atoms with Crippen molar-refractivity contribution >= 4 is 17.2 Å². The van der Waals surface area contributed by atoms with Gasteiger partial charge in [-0.2, -0.15) is 0 Å². The molecule has 112 valence electrons. The van der Waals surface area contributed by atoms with E-state index in [0.29, 0.717) is 17.8 Å². The largest absolute Gasteiger partial charge is 0.321 e. The van der Waals surface area contributed by atoms with Crippen LogP contribution in [0.4, 0.5) is 10.1 Å². The predicted octanol–water partition coefficient (Wildman–Crippen LogP) is 3.60. The highest BCUT2D eigenvalue weighted by atomic mass is 19.1. The fourth-order valence-electron chi connectivity index (χ4n) is 2.46. The number of fused-ring (bicyclic) bond motifs is 1. The van der Waals surface area contributed by atoms with Crippen molar-refractivity contribution in [1.82, 2.24) is 9.38 Å². The number of carbonyl (C=O) groups excluding carboxylic acids is 1. The van der Waals surface area contributed by atoms with E-state index in [0.717, 1.165) is 16.9 Å². The Labute approximate surface area is 127 Å². The van der Waals surface area contributed by atoms with Gasteiger partial charge in [0.25, 0.3) is 5.91 Å². The highest BCUT2D eigenvalue weighted by molar-refractivity contribution is 6.04. The van der Waals surface area contributed by atoms with Crippen LogP contribution in [0.3, 0.4) is 0 Å². The van der Waals surface area contributed by atoms with Gasteiger partial charge in [-0.1, -0.05) is 13.0 Å². The molecule has 0 radical (unpaired) electrons. The third kappa shape index (κ3) is 2.45. The van der Waals surface area contributed by atoms with E-state index in [-0.39, 0.29) is 11.7 Å². The number of hydrogen-bond acceptors (Lipinski definition) is 2. The van der Waals surface area contributed by atoms with Gasteiger partial charge in [-0.25, -0.2) is 9.37 Å². The number of carbonyl (C=O) groups is 1. The fraction of sp³-hybridized carbons (Fsp3) is 0.176. The van der Waals surface area contributed by atoms with Gasteiger partial charge >= 0.3 is 0 Å². The highest BCUT2D eigenvalue weighted by Crippen LogP contribution is 2.18. The molecule has 0 saturated carbocycles. The number of nitrogens with zero attached hydrogens (tertiary/aromatic N) is 2. The van der Waals surface area contributed by atoms with Crippen molar-refractivity contribution in [2.45, 2.75) is 20.3 Å². The van der Waals surface area contributed by atoms with Gasteiger partial charge in [0.1, 0.15) is 17.2 Å². The average Bonchev–Trinajstić information content (AvgIpc) is 2.89. The minimum absolute atomic E-state index is 0.249. The molecule has 2 heterocycles. The maximum absolute atomic E-state index is 12.9. The van der Waals surface area contributed by atoms with E-state index in [4.69, 9.17) is 0 Å². The Bertz CT molecular complexity index is 837. The van der Waals surface area contributed by atoms with E-state index >= 15 is 0 Å². The van der Waals surface area contributed by atoms with Crippen LogP contribution >= 0.6 is 0 Å². The highest BCUT2D eigenvalue weighted by Gasteiger charge is 2.19. The standard InChI is InChI=1S/C17H16FN3O/c1-3-14-15(21-10-4-5-11(2)16(21)20-14)17(22)19-13-8-6-12(18)7-9-13/h4-10H,3H2,1-2H3,(H,19,22). The maximum Gasteiger partial charge on any atom is 0.274 e. The first kappa shape index (κ1) is 14.3. The summed E-state index contributed by atoms with van der Waals surface area (Å²) in [6.07, 6.45) is 2.49. The molecule has 1 amide bonds. The number of nitrogens with one attached hydrogen (secondary N) is 1. The lowest BCUT2D eigenvalue weighted by Gasteiger charge is -2.07. The van der Waals surface area contributed by atoms with Gasteiger partial charge in [-0.05, 0) is 49.2 Å². The van der Waals surface area contributed by atoms with Crippen LogP contribution in [-0.4, -0.2) is 15.3 Å². The summed E-state index contributed by atoms with van der Waals surface area (Å²) in [5.41, 5.74) is 3.61. The molecule has 3 aromatic rings. The molecule has 0 aliphatic heterocycles. The quantitative estimate of drug-likeness (QED) is 0.803. The molecule has 3 rings (SSSR count). The molecule has 0 saturated heterocycles. The molecule has 1 aromatic carbocycles. The van der Waals surface area contributed by atoms with E-state index < -0.39 is 0 Å². The van der Waals surface area contributed by atoms with Crippen molar-refractivity contribution in [3.63, 3.8) is 0 Å². The molecule has 0 spiro atoms. The van der Waals surface area contributed by atoms with Gasteiger partial charge in [0.05, 0.1) is 5.69 Å². The predicted molar refractivity (Wildman–Crippen MR) is 83.7 cm³/mol. The number of hydrogen-bond donors (Lipinski definition) is 1. The summed E-state index contributed by atoms with van der Waals surface area (Å²) in [7, 11) is 0. The first-order valence-corrected chi connectivity index (χ1v) is 7.13. The lowest BCUT2D eigenvalue weighted by molar-refractivity contribution is 0.102. The normalized spacial score (nSPS) is 10.9. The van der Waals surface area contributed by atoms with Crippen LogP contribution in [0.1, 0.15) is 28.7 Å². The molecule has 0 unspecified atom stereocenters. The van der Waals surface area contributed by atoms with E-state index in [1.54, 1.807) is 4.40 Å². The number of aromatic nitrogens is 2. The van der Waals surface area contributed by atoms with Crippen molar-refractivity contribution < 1.29 is 9.18 Å². The van der Waals surface area contributed by atoms with E-state index in [2.05, 4.69) is 10.3 Å². The molecule has 2 aromatic heterocycles. The zero-order valence-corrected chi connectivity index (χ0v) is 12.4. The van der Waals surface area contributed by atoms with E-state index in [1.807, 2.05) is 32.2 Å². The number of benzene rings is 1. The number of aryl methyl sites for hydroxylation is 2. The molecule has 0 atom stereocenters. The summed E-state index contributed by atoms with van der Waals surface area (Å²) in [4.78, 5) is 17.1. The van der Waals surface area contributed by atoms with Crippen molar-refractivity contribution in [3.8, 4) is 0 Å². The maximum atomic E-state index is 12.9. The Hall–Kier alpha value is -2.69. The zero-order valence-electron chi connectivity index (χ0n) is 12.4. The third-order valence-electron chi connectivity index (χ3n) is 3.57. The number of anilines is 1. The van der Waals surface area contributed by atoms with Gasteiger partial charge in [0.15, 0.2) is 0 Å². The number of pyridine rings is 1. The smallest absolute Gasteiger partial charge is 0.274 e. The lowest BCUT2D eigenvalue weighted by Crippen LogP contribution is -2.16. The van der Waals surface area contributed by atoms with Crippen LogP contribution in [0.5, 0.6) is 0 Å². The fourth-order valence-corrected chi connectivity index (χ4v) is 2.46. The number of amides is 1. The van der Waals surface area contributed by atoms with Crippen LogP contribution in [0.2, 0.25) is 0 Å². The number of rotatable bonds is 3. The summed E-state index contributed by atoms with van der Waals surface area (Å²) in [5, 5.41) is 2.79. The average molecular weight is 297 g/mol. The first-order valence-electron chi connectivity index (χ1n) is 7.13. The second-order valence-electron chi connectivity index (χ2n) is 5.11. The Morgan fingerprint density at radius 2 is 2.00 bits per heavy atom. The van der Waals surface area contributed by atoms with Crippen molar-refractivity contribution in [3.05, 3.63) is 65.4 Å². The Kier molecular flexibility index (Phi) is 3.63. The summed E-state index contributed by atoms with van der Waals surface area (Å²) >= 11 is 0. The lowest BCUT2D eigenvalue weighted by atomic mass is 10.2. The van der Waals surface area contributed by atoms with Gasteiger partial charge < -0.3 is 5.32 Å². The monoisotopic (exact) mass is 297 g/mol. The number of imidazole rings is 1. The minimum atomic E-state index is -0.335. The van der Waals surface area contributed by atoms with Crippen molar-refractivity contribution in [2.24, 2.45) is 0 Å². The zero-order chi connectivity index (χ0) is 15.7. The van der Waals surface area contributed by atoms with Gasteiger partial charge in [-0.15, -0.1) is 0 Å². The van der Waals surface area contributed by atoms with Crippen molar-refractivity contribution in [1.29, 1.82) is 0 Å². The van der Waals surface area contributed by atoms with Crippen LogP contribution < -0.4 is 5.32 Å². The van der Waals surface area contributed by atoms with Gasteiger partial charge in [-0.3, -0.25) is 9.20 Å². The molecule has 0 bridgehead atoms. The Morgan fingerprint density at radius 3 is 2.68 bits per heavy atom. The summed E-state index contributed by atoms with van der Waals surface area (Å²) in [6.45, 7) is 3.93. The SMILES string of the molecule is CCc1nc2c(C)cccn2c1C(=O)Nc1ccc(F)cc1. The molecule has 0 aliphatic carbocycles. The van der Waals surface area contributed by atoms with Crippen molar-refractivity contribution in [2.75, 3.05) is 5.32 Å². The summed E-state index contributed by atoms with van der Waals surface area (Å²) in [6, 6.07) is 9.55. The van der Waals surface area contributed by atoms with E-state index in [1.165, 1.54) is 24.3 Å². The summed E-state index contributed by atoms with van der Waals surface area (Å²) < 4.78 is 14.7. The molecule has 0 aliphatic rings. The van der Waals surface area contributed by atoms with E-state index in [9.17, 15) is 9.18 Å². The molecular weight excluding hydrogens is 281 g/mol. The summed E-state index contributed by atoms with van der Waals surface area (Å²) in [5.74, 6) is -0.584. The first-order chi connectivity index (χ1) is 10.6. The van der Waals surface area contributed by atoms with Gasteiger partial charge in [0, 0.05) is 11.9 Å². The van der Waals surface area contributed by atoms with Crippen LogP contribution in [0.15, 0.2) is 42.6 Å². The van der Waals surface area contributed by atoms with Crippen LogP contribution in [0.25, 0.3) is 5.65 Å². The van der Waals surface area contributed by atoms with Gasteiger partial charge in [0.2, 0.25) is 0 Å². The molecule has 0 fully saturated rings. The minimum Gasteiger partial charge on any atom is -0.321 e. The van der Waals surface area contributed by atoms with Crippen LogP contribution in [-0.2, 0) is 6.42 Å². The Morgan fingerprint density at radius 1 is 1.27 bits per heavy atom. The molecule has 1 N–H and O–H groups in total. The second kappa shape index (κ2) is 5.60. The van der Waals surface area contributed by atoms with Crippen LogP contribution in [0, 0.1) is 12.7 Å². The molecule has 22 heavy (non-hydrogen) atoms. The number of halogens is 1. The Balaban J connectivity index is 2.03. The molecular formula is C17H16FN3O. The molecule has 5 heteroatoms.